The molecule has 0 aromatic heterocycles. The van der Waals surface area contributed by atoms with Gasteiger partial charge in [-0.1, -0.05) is 6.92 Å². The zero-order valence-electron chi connectivity index (χ0n) is 7.45. The molecule has 2 atom stereocenters. The monoisotopic (exact) mass is 176 g/mol. The largest absolute Gasteiger partial charge is 0.479 e. The predicted molar refractivity (Wildman–Crippen MR) is 43.8 cm³/mol. The van der Waals surface area contributed by atoms with Crippen molar-refractivity contribution < 1.29 is 20.1 Å². The third-order valence-electron chi connectivity index (χ3n) is 1.96. The van der Waals surface area contributed by atoms with Crippen LogP contribution in [0.15, 0.2) is 0 Å². The number of aliphatic hydroxyl groups excluding tert-OH is 1. The summed E-state index contributed by atoms with van der Waals surface area (Å²) in [5, 5.41) is 26.9. The Balaban J connectivity index is 4.06. The van der Waals surface area contributed by atoms with E-state index < -0.39 is 17.7 Å². The standard InChI is InChI=1S/C8H16O4/c1-3-8(12,7(10)11)5-4-6(2)9/h6,9,12H,3-5H2,1-2H3,(H,10,11)/t6-,8-/m1/s1. The molecule has 3 N–H and O–H groups in total. The summed E-state index contributed by atoms with van der Waals surface area (Å²) >= 11 is 0. The molecule has 0 aliphatic rings. The van der Waals surface area contributed by atoms with Crippen LogP contribution in [0.3, 0.4) is 0 Å². The lowest BCUT2D eigenvalue weighted by molar-refractivity contribution is -0.160. The number of aliphatic carboxylic acids is 1. The molecule has 0 amide bonds. The normalized spacial score (nSPS) is 18.3. The lowest BCUT2D eigenvalue weighted by Gasteiger charge is -2.21. The smallest absolute Gasteiger partial charge is 0.335 e. The molecular weight excluding hydrogens is 160 g/mol. The van der Waals surface area contributed by atoms with Crippen LogP contribution in [0.25, 0.3) is 0 Å². The Labute approximate surface area is 71.8 Å². The van der Waals surface area contributed by atoms with Crippen molar-refractivity contribution in [2.75, 3.05) is 0 Å². The average molecular weight is 176 g/mol. The molecule has 72 valence electrons. The van der Waals surface area contributed by atoms with Crippen LogP contribution in [-0.2, 0) is 4.79 Å². The molecule has 0 saturated heterocycles. The molecule has 0 spiro atoms. The van der Waals surface area contributed by atoms with Crippen molar-refractivity contribution in [3.8, 4) is 0 Å². The summed E-state index contributed by atoms with van der Waals surface area (Å²) in [6.45, 7) is 3.17. The van der Waals surface area contributed by atoms with Crippen LogP contribution in [-0.4, -0.2) is 33.0 Å². The van der Waals surface area contributed by atoms with Gasteiger partial charge < -0.3 is 15.3 Å². The number of carboxylic acids is 1. The van der Waals surface area contributed by atoms with E-state index in [4.69, 9.17) is 10.2 Å². The van der Waals surface area contributed by atoms with E-state index in [1.807, 2.05) is 0 Å². The molecule has 4 heteroatoms. The van der Waals surface area contributed by atoms with Gasteiger partial charge in [0.15, 0.2) is 5.60 Å². The zero-order chi connectivity index (χ0) is 9.78. The van der Waals surface area contributed by atoms with E-state index >= 15 is 0 Å². The van der Waals surface area contributed by atoms with Crippen LogP contribution in [0.5, 0.6) is 0 Å². The molecule has 0 radical (unpaired) electrons. The molecule has 0 unspecified atom stereocenters. The van der Waals surface area contributed by atoms with Crippen molar-refractivity contribution in [2.24, 2.45) is 0 Å². The molecular formula is C8H16O4. The number of hydrogen-bond donors (Lipinski definition) is 3. The maximum Gasteiger partial charge on any atom is 0.335 e. The van der Waals surface area contributed by atoms with Crippen LogP contribution < -0.4 is 0 Å². The van der Waals surface area contributed by atoms with Crippen molar-refractivity contribution in [1.29, 1.82) is 0 Å². The minimum Gasteiger partial charge on any atom is -0.479 e. The Morgan fingerprint density at radius 2 is 2.08 bits per heavy atom. The zero-order valence-corrected chi connectivity index (χ0v) is 7.45. The van der Waals surface area contributed by atoms with Crippen molar-refractivity contribution in [2.45, 2.75) is 44.8 Å². The third-order valence-corrected chi connectivity index (χ3v) is 1.96. The number of rotatable bonds is 5. The summed E-state index contributed by atoms with van der Waals surface area (Å²) in [6, 6.07) is 0. The van der Waals surface area contributed by atoms with Gasteiger partial charge in [-0.25, -0.2) is 4.79 Å². The van der Waals surface area contributed by atoms with Gasteiger partial charge in [-0.2, -0.15) is 0 Å². The minimum atomic E-state index is -1.67. The van der Waals surface area contributed by atoms with Gasteiger partial charge in [0.25, 0.3) is 0 Å². The van der Waals surface area contributed by atoms with Gasteiger partial charge in [-0.3, -0.25) is 0 Å². The molecule has 0 rings (SSSR count). The van der Waals surface area contributed by atoms with Crippen LogP contribution in [0.4, 0.5) is 0 Å². The first-order valence-electron chi connectivity index (χ1n) is 4.06. The fourth-order valence-electron chi connectivity index (χ4n) is 0.883. The maximum atomic E-state index is 10.5. The quantitative estimate of drug-likeness (QED) is 0.565. The van der Waals surface area contributed by atoms with Crippen molar-refractivity contribution in [3.63, 3.8) is 0 Å². The van der Waals surface area contributed by atoms with Crippen LogP contribution in [0.2, 0.25) is 0 Å². The summed E-state index contributed by atoms with van der Waals surface area (Å²) in [7, 11) is 0. The summed E-state index contributed by atoms with van der Waals surface area (Å²) in [5.74, 6) is -1.22. The molecule has 0 fully saturated rings. The molecule has 0 aromatic rings. The van der Waals surface area contributed by atoms with Crippen LogP contribution >= 0.6 is 0 Å². The molecule has 0 heterocycles. The van der Waals surface area contributed by atoms with E-state index in [1.54, 1.807) is 13.8 Å². The lowest BCUT2D eigenvalue weighted by Crippen LogP contribution is -2.38. The Morgan fingerprint density at radius 1 is 1.58 bits per heavy atom. The van der Waals surface area contributed by atoms with E-state index in [2.05, 4.69) is 0 Å². The number of aliphatic hydroxyl groups is 2. The van der Waals surface area contributed by atoms with E-state index in [0.717, 1.165) is 0 Å². The van der Waals surface area contributed by atoms with E-state index in [1.165, 1.54) is 0 Å². The first-order chi connectivity index (χ1) is 5.42. The Morgan fingerprint density at radius 3 is 2.33 bits per heavy atom. The van der Waals surface area contributed by atoms with E-state index in [0.29, 0.717) is 6.42 Å². The fraction of sp³-hybridized carbons (Fsp3) is 0.875. The minimum absolute atomic E-state index is 0.0938. The topological polar surface area (TPSA) is 77.8 Å². The van der Waals surface area contributed by atoms with Gasteiger partial charge in [0.05, 0.1) is 6.10 Å². The van der Waals surface area contributed by atoms with Crippen molar-refractivity contribution >= 4 is 5.97 Å². The number of carbonyl (C=O) groups is 1. The first kappa shape index (κ1) is 11.4. The van der Waals surface area contributed by atoms with Gasteiger partial charge >= 0.3 is 5.97 Å². The average Bonchev–Trinajstić information content (AvgIpc) is 1.99. The molecule has 4 nitrogen and oxygen atoms in total. The molecule has 0 aliphatic heterocycles. The van der Waals surface area contributed by atoms with Gasteiger partial charge in [0.1, 0.15) is 0 Å². The highest BCUT2D eigenvalue weighted by Gasteiger charge is 2.33. The lowest BCUT2D eigenvalue weighted by atomic mass is 9.93. The van der Waals surface area contributed by atoms with Crippen molar-refractivity contribution in [3.05, 3.63) is 0 Å². The highest BCUT2D eigenvalue weighted by Crippen LogP contribution is 2.18. The molecule has 0 aliphatic carbocycles. The summed E-state index contributed by atoms with van der Waals surface area (Å²) in [4.78, 5) is 10.5. The van der Waals surface area contributed by atoms with E-state index in [9.17, 15) is 9.90 Å². The van der Waals surface area contributed by atoms with Gasteiger partial charge in [0.2, 0.25) is 0 Å². The number of hydrogen-bond acceptors (Lipinski definition) is 3. The SMILES string of the molecule is CC[C@@](O)(CC[C@@H](C)O)C(=O)O. The second-order valence-corrected chi connectivity index (χ2v) is 3.08. The Kier molecular flexibility index (Phi) is 4.20. The fourth-order valence-corrected chi connectivity index (χ4v) is 0.883. The molecule has 0 saturated carbocycles. The second kappa shape index (κ2) is 4.42. The Hall–Kier alpha value is -0.610. The molecule has 0 bridgehead atoms. The van der Waals surface area contributed by atoms with Crippen LogP contribution in [0, 0.1) is 0 Å². The van der Waals surface area contributed by atoms with Crippen LogP contribution in [0.1, 0.15) is 33.1 Å². The van der Waals surface area contributed by atoms with Gasteiger partial charge in [-0.15, -0.1) is 0 Å². The van der Waals surface area contributed by atoms with E-state index in [-0.39, 0.29) is 12.8 Å². The van der Waals surface area contributed by atoms with Gasteiger partial charge in [-0.05, 0) is 26.2 Å². The highest BCUT2D eigenvalue weighted by molar-refractivity contribution is 5.76. The van der Waals surface area contributed by atoms with Crippen molar-refractivity contribution in [1.82, 2.24) is 0 Å². The summed E-state index contributed by atoms with van der Waals surface area (Å²) in [5.41, 5.74) is -1.67. The summed E-state index contributed by atoms with van der Waals surface area (Å²) < 4.78 is 0. The van der Waals surface area contributed by atoms with Gasteiger partial charge in [0, 0.05) is 0 Å². The first-order valence-corrected chi connectivity index (χ1v) is 4.06. The highest BCUT2D eigenvalue weighted by atomic mass is 16.4. The predicted octanol–water partition coefficient (Wildman–Crippen LogP) is 0.373. The third kappa shape index (κ3) is 3.19. The Bertz CT molecular complexity index is 155. The molecule has 0 aromatic carbocycles. The summed E-state index contributed by atoms with van der Waals surface area (Å²) in [6.07, 6.45) is -0.00947. The maximum absolute atomic E-state index is 10.5. The number of carboxylic acid groups (broad SMARTS) is 1. The molecule has 12 heavy (non-hydrogen) atoms. The second-order valence-electron chi connectivity index (χ2n) is 3.08.